The van der Waals surface area contributed by atoms with Gasteiger partial charge in [-0.15, -0.1) is 0 Å². The topological polar surface area (TPSA) is 60.9 Å². The van der Waals surface area contributed by atoms with E-state index in [1.165, 1.54) is 0 Å². The standard InChI is InChI=1S/C19H18N6/c1-13-10-14(2)25-11-16(22-19(25)21-13)4-5-18-23-17(12-24(18)3)15-6-8-20-9-7-15/h4-12H,1-3H3. The van der Waals surface area contributed by atoms with E-state index in [9.17, 15) is 0 Å². The monoisotopic (exact) mass is 330 g/mol. The summed E-state index contributed by atoms with van der Waals surface area (Å²) in [6.07, 6.45) is 11.5. The SMILES string of the molecule is Cc1cc(C)n2cc(C=Cc3nc(-c4ccncc4)cn3C)nc2n1. The van der Waals surface area contributed by atoms with Crippen LogP contribution in [0.25, 0.3) is 29.2 Å². The molecule has 0 aliphatic heterocycles. The molecular formula is C19H18N6. The molecule has 0 N–H and O–H groups in total. The van der Waals surface area contributed by atoms with Crippen LogP contribution in [-0.4, -0.2) is 28.9 Å². The van der Waals surface area contributed by atoms with Crippen LogP contribution in [0.2, 0.25) is 0 Å². The Balaban J connectivity index is 1.66. The van der Waals surface area contributed by atoms with Crippen molar-refractivity contribution in [1.82, 2.24) is 28.9 Å². The number of aryl methyl sites for hydroxylation is 3. The smallest absolute Gasteiger partial charge is 0.234 e. The molecule has 0 amide bonds. The molecule has 0 atom stereocenters. The highest BCUT2D eigenvalue weighted by Crippen LogP contribution is 2.18. The fourth-order valence-corrected chi connectivity index (χ4v) is 2.83. The van der Waals surface area contributed by atoms with E-state index in [1.54, 1.807) is 12.4 Å². The number of hydrogen-bond donors (Lipinski definition) is 0. The van der Waals surface area contributed by atoms with E-state index in [2.05, 4.69) is 26.9 Å². The third-order valence-electron chi connectivity index (χ3n) is 4.07. The Hall–Kier alpha value is -3.28. The molecule has 0 aliphatic rings. The van der Waals surface area contributed by atoms with Gasteiger partial charge >= 0.3 is 0 Å². The van der Waals surface area contributed by atoms with Crippen LogP contribution in [0.5, 0.6) is 0 Å². The van der Waals surface area contributed by atoms with Crippen molar-refractivity contribution in [1.29, 1.82) is 0 Å². The van der Waals surface area contributed by atoms with Crippen molar-refractivity contribution in [3.8, 4) is 11.3 Å². The number of fused-ring (bicyclic) bond motifs is 1. The van der Waals surface area contributed by atoms with Crippen LogP contribution in [0, 0.1) is 13.8 Å². The van der Waals surface area contributed by atoms with Gasteiger partial charge in [-0.2, -0.15) is 0 Å². The number of aromatic nitrogens is 6. The van der Waals surface area contributed by atoms with Crippen LogP contribution in [-0.2, 0) is 7.05 Å². The Morgan fingerprint density at radius 1 is 0.960 bits per heavy atom. The lowest BCUT2D eigenvalue weighted by molar-refractivity contribution is 0.898. The van der Waals surface area contributed by atoms with Crippen molar-refractivity contribution < 1.29 is 0 Å². The zero-order valence-electron chi connectivity index (χ0n) is 14.4. The summed E-state index contributed by atoms with van der Waals surface area (Å²) in [6, 6.07) is 5.95. The quantitative estimate of drug-likeness (QED) is 0.578. The molecule has 0 unspecified atom stereocenters. The fraction of sp³-hybridized carbons (Fsp3) is 0.158. The van der Waals surface area contributed by atoms with Gasteiger partial charge in [0.2, 0.25) is 5.78 Å². The molecule has 0 aliphatic carbocycles. The molecule has 4 heterocycles. The van der Waals surface area contributed by atoms with Crippen LogP contribution in [0.4, 0.5) is 0 Å². The Bertz CT molecular complexity index is 1070. The molecule has 25 heavy (non-hydrogen) atoms. The minimum Gasteiger partial charge on any atom is -0.334 e. The molecule has 0 fully saturated rings. The normalized spacial score (nSPS) is 11.6. The molecule has 0 radical (unpaired) electrons. The molecule has 0 saturated heterocycles. The van der Waals surface area contributed by atoms with Crippen molar-refractivity contribution in [2.45, 2.75) is 13.8 Å². The van der Waals surface area contributed by atoms with E-state index < -0.39 is 0 Å². The molecule has 6 nitrogen and oxygen atoms in total. The lowest BCUT2D eigenvalue weighted by Gasteiger charge is -1.98. The van der Waals surface area contributed by atoms with E-state index in [-0.39, 0.29) is 0 Å². The first-order chi connectivity index (χ1) is 12.1. The van der Waals surface area contributed by atoms with E-state index in [4.69, 9.17) is 0 Å². The minimum atomic E-state index is 0.717. The zero-order chi connectivity index (χ0) is 17.4. The van der Waals surface area contributed by atoms with Gasteiger partial charge in [-0.05, 0) is 44.2 Å². The Kier molecular flexibility index (Phi) is 3.65. The summed E-state index contributed by atoms with van der Waals surface area (Å²) in [5, 5.41) is 0. The zero-order valence-corrected chi connectivity index (χ0v) is 14.4. The second-order valence-electron chi connectivity index (χ2n) is 6.04. The van der Waals surface area contributed by atoms with Crippen molar-refractivity contribution in [3.05, 3.63) is 65.9 Å². The maximum atomic E-state index is 4.68. The van der Waals surface area contributed by atoms with Gasteiger partial charge in [0, 0.05) is 48.8 Å². The van der Waals surface area contributed by atoms with E-state index in [0.717, 1.165) is 39.9 Å². The maximum Gasteiger partial charge on any atom is 0.234 e. The van der Waals surface area contributed by atoms with Crippen LogP contribution in [0.3, 0.4) is 0 Å². The highest BCUT2D eigenvalue weighted by atomic mass is 15.1. The number of pyridine rings is 1. The molecule has 6 heteroatoms. The van der Waals surface area contributed by atoms with Gasteiger partial charge in [0.05, 0.1) is 11.4 Å². The third kappa shape index (κ3) is 2.94. The van der Waals surface area contributed by atoms with Crippen LogP contribution in [0.15, 0.2) is 43.0 Å². The summed E-state index contributed by atoms with van der Waals surface area (Å²) < 4.78 is 3.99. The van der Waals surface area contributed by atoms with Gasteiger partial charge in [-0.3, -0.25) is 9.38 Å². The van der Waals surface area contributed by atoms with Crippen LogP contribution < -0.4 is 0 Å². The minimum absolute atomic E-state index is 0.717. The summed E-state index contributed by atoms with van der Waals surface area (Å²) in [6.45, 7) is 4.03. The fourth-order valence-electron chi connectivity index (χ4n) is 2.83. The van der Waals surface area contributed by atoms with Crippen molar-refractivity contribution >= 4 is 17.9 Å². The van der Waals surface area contributed by atoms with Crippen molar-refractivity contribution in [3.63, 3.8) is 0 Å². The Labute approximate surface area is 145 Å². The first-order valence-corrected chi connectivity index (χ1v) is 8.05. The van der Waals surface area contributed by atoms with Gasteiger partial charge in [-0.25, -0.2) is 15.0 Å². The highest BCUT2D eigenvalue weighted by Gasteiger charge is 2.06. The maximum absolute atomic E-state index is 4.68. The van der Waals surface area contributed by atoms with Gasteiger partial charge < -0.3 is 4.57 Å². The van der Waals surface area contributed by atoms with Crippen LogP contribution >= 0.6 is 0 Å². The summed E-state index contributed by atoms with van der Waals surface area (Å²) >= 11 is 0. The number of rotatable bonds is 3. The summed E-state index contributed by atoms with van der Waals surface area (Å²) in [7, 11) is 1.98. The molecule has 0 aromatic carbocycles. The predicted octanol–water partition coefficient (Wildman–Crippen LogP) is 3.31. The van der Waals surface area contributed by atoms with Crippen molar-refractivity contribution in [2.75, 3.05) is 0 Å². The molecular weight excluding hydrogens is 312 g/mol. The summed E-state index contributed by atoms with van der Waals surface area (Å²) in [5.74, 6) is 1.58. The Morgan fingerprint density at radius 2 is 1.76 bits per heavy atom. The van der Waals surface area contributed by atoms with E-state index >= 15 is 0 Å². The second-order valence-corrected chi connectivity index (χ2v) is 6.04. The number of hydrogen-bond acceptors (Lipinski definition) is 4. The van der Waals surface area contributed by atoms with E-state index in [0.29, 0.717) is 0 Å². The predicted molar refractivity (Wildman–Crippen MR) is 97.8 cm³/mol. The molecule has 4 aromatic rings. The van der Waals surface area contributed by atoms with Gasteiger partial charge in [0.15, 0.2) is 0 Å². The van der Waals surface area contributed by atoms with E-state index in [1.807, 2.05) is 65.7 Å². The number of nitrogens with zero attached hydrogens (tertiary/aromatic N) is 6. The lowest BCUT2D eigenvalue weighted by Crippen LogP contribution is -1.94. The van der Waals surface area contributed by atoms with Gasteiger partial charge in [0.1, 0.15) is 5.82 Å². The molecule has 124 valence electrons. The van der Waals surface area contributed by atoms with Gasteiger partial charge in [-0.1, -0.05) is 0 Å². The average Bonchev–Trinajstić information content (AvgIpc) is 3.17. The largest absolute Gasteiger partial charge is 0.334 e. The van der Waals surface area contributed by atoms with Gasteiger partial charge in [0.25, 0.3) is 0 Å². The summed E-state index contributed by atoms with van der Waals surface area (Å²) in [5.41, 5.74) is 4.92. The molecule has 0 spiro atoms. The molecule has 4 rings (SSSR count). The molecule has 4 aromatic heterocycles. The first-order valence-electron chi connectivity index (χ1n) is 8.05. The highest BCUT2D eigenvalue weighted by molar-refractivity contribution is 5.68. The number of imidazole rings is 2. The lowest BCUT2D eigenvalue weighted by atomic mass is 10.2. The van der Waals surface area contributed by atoms with Crippen molar-refractivity contribution in [2.24, 2.45) is 7.05 Å². The average molecular weight is 330 g/mol. The Morgan fingerprint density at radius 3 is 2.56 bits per heavy atom. The summed E-state index contributed by atoms with van der Waals surface area (Å²) in [4.78, 5) is 17.8. The first kappa shape index (κ1) is 15.3. The molecule has 0 saturated carbocycles. The molecule has 0 bridgehead atoms. The third-order valence-corrected chi connectivity index (χ3v) is 4.07. The van der Waals surface area contributed by atoms with Crippen LogP contribution in [0.1, 0.15) is 22.9 Å². The second kappa shape index (κ2) is 5.98.